The third-order valence-electron chi connectivity index (χ3n) is 4.47. The van der Waals surface area contributed by atoms with Gasteiger partial charge in [0.2, 0.25) is 0 Å². The Balaban J connectivity index is 1.38. The average Bonchev–Trinajstić information content (AvgIpc) is 3.08. The van der Waals surface area contributed by atoms with Crippen LogP contribution in [0.25, 0.3) is 0 Å². The summed E-state index contributed by atoms with van der Waals surface area (Å²) < 4.78 is 0. The standard InChI is InChI=1S/C18H21N7S/c1-13-23-15(12-26-13)11-25-6-2-3-14(10-25)16-7-22-18(9-21-16)24-17-8-19-4-5-20-17/h4-5,7-9,12,14H,2-3,6,10-11H2,1H3,(H,20,22,24)/t14-/m0/s1. The molecule has 1 fully saturated rings. The number of likely N-dealkylation sites (tertiary alicyclic amines) is 1. The SMILES string of the molecule is Cc1nc(CN2CCC[C@H](c3cnc(Nc4cnccn4)cn3)C2)cs1. The van der Waals surface area contributed by atoms with Gasteiger partial charge in [-0.05, 0) is 26.3 Å². The van der Waals surface area contributed by atoms with Gasteiger partial charge in [0.25, 0.3) is 0 Å². The molecule has 0 unspecified atom stereocenters. The lowest BCUT2D eigenvalue weighted by Gasteiger charge is -2.31. The van der Waals surface area contributed by atoms with E-state index in [9.17, 15) is 0 Å². The number of aromatic nitrogens is 5. The van der Waals surface area contributed by atoms with Crippen molar-refractivity contribution >= 4 is 23.0 Å². The highest BCUT2D eigenvalue weighted by atomic mass is 32.1. The number of hydrogen-bond donors (Lipinski definition) is 1. The number of nitrogens with zero attached hydrogens (tertiary/aromatic N) is 6. The monoisotopic (exact) mass is 367 g/mol. The van der Waals surface area contributed by atoms with Gasteiger partial charge in [0, 0.05) is 36.8 Å². The van der Waals surface area contributed by atoms with Gasteiger partial charge in [-0.15, -0.1) is 11.3 Å². The average molecular weight is 367 g/mol. The van der Waals surface area contributed by atoms with Crippen molar-refractivity contribution in [1.82, 2.24) is 29.8 Å². The molecule has 1 aliphatic heterocycles. The molecule has 0 saturated carbocycles. The van der Waals surface area contributed by atoms with E-state index in [1.807, 2.05) is 6.20 Å². The van der Waals surface area contributed by atoms with Gasteiger partial charge in [-0.2, -0.15) is 0 Å². The first-order valence-electron chi connectivity index (χ1n) is 8.74. The van der Waals surface area contributed by atoms with Crippen LogP contribution in [0.1, 0.15) is 35.2 Å². The molecule has 8 heteroatoms. The Labute approximate surface area is 156 Å². The molecule has 3 aromatic rings. The van der Waals surface area contributed by atoms with Crippen LogP contribution >= 0.6 is 11.3 Å². The van der Waals surface area contributed by atoms with Gasteiger partial charge < -0.3 is 5.32 Å². The van der Waals surface area contributed by atoms with Crippen molar-refractivity contribution < 1.29 is 0 Å². The van der Waals surface area contributed by atoms with Crippen molar-refractivity contribution in [3.63, 3.8) is 0 Å². The molecule has 26 heavy (non-hydrogen) atoms. The number of nitrogens with one attached hydrogen (secondary N) is 1. The number of aryl methyl sites for hydroxylation is 1. The Morgan fingerprint density at radius 3 is 2.81 bits per heavy atom. The largest absolute Gasteiger partial charge is 0.322 e. The van der Waals surface area contributed by atoms with Crippen molar-refractivity contribution in [2.24, 2.45) is 0 Å². The minimum Gasteiger partial charge on any atom is -0.322 e. The summed E-state index contributed by atoms with van der Waals surface area (Å²) in [5.41, 5.74) is 2.22. The smallest absolute Gasteiger partial charge is 0.150 e. The first kappa shape index (κ1) is 17.0. The van der Waals surface area contributed by atoms with Crippen molar-refractivity contribution in [1.29, 1.82) is 0 Å². The lowest BCUT2D eigenvalue weighted by molar-refractivity contribution is 0.196. The van der Waals surface area contributed by atoms with E-state index in [0.717, 1.165) is 36.8 Å². The Morgan fingerprint density at radius 1 is 1.15 bits per heavy atom. The van der Waals surface area contributed by atoms with E-state index in [1.54, 1.807) is 36.1 Å². The third-order valence-corrected chi connectivity index (χ3v) is 5.29. The number of rotatable bonds is 5. The highest BCUT2D eigenvalue weighted by Crippen LogP contribution is 2.26. The highest BCUT2D eigenvalue weighted by molar-refractivity contribution is 7.09. The summed E-state index contributed by atoms with van der Waals surface area (Å²) in [5, 5.41) is 6.40. The Morgan fingerprint density at radius 2 is 2.08 bits per heavy atom. The van der Waals surface area contributed by atoms with E-state index >= 15 is 0 Å². The summed E-state index contributed by atoms with van der Waals surface area (Å²) in [7, 11) is 0. The van der Waals surface area contributed by atoms with Crippen LogP contribution in [0.3, 0.4) is 0 Å². The first-order chi connectivity index (χ1) is 12.8. The summed E-state index contributed by atoms with van der Waals surface area (Å²) >= 11 is 1.72. The molecular formula is C18H21N7S. The minimum absolute atomic E-state index is 0.418. The molecule has 0 amide bonds. The summed E-state index contributed by atoms with van der Waals surface area (Å²) in [5.74, 6) is 1.76. The lowest BCUT2D eigenvalue weighted by atomic mass is 9.95. The van der Waals surface area contributed by atoms with Crippen LogP contribution in [0.5, 0.6) is 0 Å². The predicted molar refractivity (Wildman–Crippen MR) is 101 cm³/mol. The molecule has 1 atom stereocenters. The van der Waals surface area contributed by atoms with Gasteiger partial charge in [-0.3, -0.25) is 14.9 Å². The molecule has 0 aliphatic carbocycles. The molecule has 0 spiro atoms. The van der Waals surface area contributed by atoms with Crippen LogP contribution in [-0.2, 0) is 6.54 Å². The summed E-state index contributed by atoms with van der Waals surface area (Å²) in [6.45, 7) is 5.09. The zero-order valence-electron chi connectivity index (χ0n) is 14.7. The zero-order chi connectivity index (χ0) is 17.8. The van der Waals surface area contributed by atoms with Crippen molar-refractivity contribution in [2.45, 2.75) is 32.2 Å². The predicted octanol–water partition coefficient (Wildman–Crippen LogP) is 3.15. The van der Waals surface area contributed by atoms with Crippen LogP contribution in [0.2, 0.25) is 0 Å². The number of piperidine rings is 1. The van der Waals surface area contributed by atoms with Gasteiger partial charge >= 0.3 is 0 Å². The zero-order valence-corrected chi connectivity index (χ0v) is 15.5. The fraction of sp³-hybridized carbons (Fsp3) is 0.389. The second-order valence-electron chi connectivity index (χ2n) is 6.47. The van der Waals surface area contributed by atoms with E-state index < -0.39 is 0 Å². The van der Waals surface area contributed by atoms with Crippen LogP contribution in [0, 0.1) is 6.92 Å². The summed E-state index contributed by atoms with van der Waals surface area (Å²) in [6, 6.07) is 0. The maximum absolute atomic E-state index is 4.63. The molecule has 1 aliphatic rings. The van der Waals surface area contributed by atoms with E-state index in [2.05, 4.69) is 47.4 Å². The van der Waals surface area contributed by atoms with E-state index in [-0.39, 0.29) is 0 Å². The van der Waals surface area contributed by atoms with Crippen molar-refractivity contribution in [3.05, 3.63) is 52.8 Å². The van der Waals surface area contributed by atoms with Gasteiger partial charge in [0.15, 0.2) is 0 Å². The first-order valence-corrected chi connectivity index (χ1v) is 9.62. The fourth-order valence-corrected chi connectivity index (χ4v) is 3.86. The highest BCUT2D eigenvalue weighted by Gasteiger charge is 2.23. The molecule has 4 rings (SSSR count). The Bertz CT molecular complexity index is 834. The maximum atomic E-state index is 4.63. The quantitative estimate of drug-likeness (QED) is 0.742. The normalized spacial score (nSPS) is 18.0. The molecule has 134 valence electrons. The molecule has 7 nitrogen and oxygen atoms in total. The van der Waals surface area contributed by atoms with Gasteiger partial charge in [0.05, 0.1) is 35.0 Å². The van der Waals surface area contributed by atoms with Crippen LogP contribution in [0.4, 0.5) is 11.6 Å². The van der Waals surface area contributed by atoms with Crippen molar-refractivity contribution in [2.75, 3.05) is 18.4 Å². The Kier molecular flexibility index (Phi) is 5.12. The molecule has 4 heterocycles. The minimum atomic E-state index is 0.418. The molecule has 0 bridgehead atoms. The van der Waals surface area contributed by atoms with E-state index in [0.29, 0.717) is 17.6 Å². The van der Waals surface area contributed by atoms with Crippen LogP contribution in [0.15, 0.2) is 36.4 Å². The lowest BCUT2D eigenvalue weighted by Crippen LogP contribution is -2.34. The number of anilines is 2. The molecule has 1 N–H and O–H groups in total. The molecule has 0 aromatic carbocycles. The Hall–Kier alpha value is -2.45. The fourth-order valence-electron chi connectivity index (χ4n) is 3.26. The van der Waals surface area contributed by atoms with Crippen molar-refractivity contribution in [3.8, 4) is 0 Å². The topological polar surface area (TPSA) is 79.7 Å². The maximum Gasteiger partial charge on any atom is 0.150 e. The van der Waals surface area contributed by atoms with Gasteiger partial charge in [-0.1, -0.05) is 0 Å². The molecular weight excluding hydrogens is 346 g/mol. The van der Waals surface area contributed by atoms with E-state index in [1.165, 1.54) is 12.1 Å². The van der Waals surface area contributed by atoms with Crippen LogP contribution in [-0.4, -0.2) is 42.9 Å². The van der Waals surface area contributed by atoms with E-state index in [4.69, 9.17) is 0 Å². The molecule has 0 radical (unpaired) electrons. The van der Waals surface area contributed by atoms with Crippen LogP contribution < -0.4 is 5.32 Å². The number of hydrogen-bond acceptors (Lipinski definition) is 8. The third kappa shape index (κ3) is 4.20. The number of thiazole rings is 1. The molecule has 3 aromatic heterocycles. The second kappa shape index (κ2) is 7.84. The van der Waals surface area contributed by atoms with Gasteiger partial charge in [-0.25, -0.2) is 15.0 Å². The molecule has 1 saturated heterocycles. The summed E-state index contributed by atoms with van der Waals surface area (Å²) in [4.78, 5) is 24.4. The van der Waals surface area contributed by atoms with Gasteiger partial charge in [0.1, 0.15) is 11.6 Å². The second-order valence-corrected chi connectivity index (χ2v) is 7.54. The summed E-state index contributed by atoms with van der Waals surface area (Å²) in [6.07, 6.45) is 10.9.